The first kappa shape index (κ1) is 29.5. The summed E-state index contributed by atoms with van der Waals surface area (Å²) in [5.41, 5.74) is 7.02. The van der Waals surface area contributed by atoms with E-state index in [1.54, 1.807) is 37.3 Å². The van der Waals surface area contributed by atoms with Gasteiger partial charge in [0.15, 0.2) is 0 Å². The molecule has 2 rings (SSSR count). The Hall–Kier alpha value is -3.77. The number of nitrogens with one attached hydrogen (secondary N) is 4. The van der Waals surface area contributed by atoms with Crippen molar-refractivity contribution >= 4 is 23.7 Å². The molecule has 0 aliphatic heterocycles. The molecule has 0 radical (unpaired) electrons. The molecule has 0 spiro atoms. The number of aromatic nitrogens is 2. The maximum atomic E-state index is 13.4. The number of carboxylic acid groups (broad SMARTS) is 1. The van der Waals surface area contributed by atoms with Crippen LogP contribution >= 0.6 is 0 Å². The summed E-state index contributed by atoms with van der Waals surface area (Å²) >= 11 is 0. The minimum atomic E-state index is -1.26. The lowest BCUT2D eigenvalue weighted by molar-refractivity contribution is -0.143. The molecule has 1 aromatic heterocycles. The zero-order chi connectivity index (χ0) is 27.5. The number of H-pyrrole nitrogens is 1. The summed E-state index contributed by atoms with van der Waals surface area (Å²) in [6.07, 6.45) is 2.37. The third kappa shape index (κ3) is 8.99. The largest absolute Gasteiger partial charge is 0.480 e. The molecule has 12 heteroatoms. The minimum Gasteiger partial charge on any atom is -0.480 e. The third-order valence-corrected chi connectivity index (χ3v) is 6.13. The number of amides is 3. The molecule has 12 nitrogen and oxygen atoms in total. The van der Waals surface area contributed by atoms with E-state index in [-0.39, 0.29) is 18.8 Å². The van der Waals surface area contributed by atoms with Gasteiger partial charge in [-0.3, -0.25) is 14.4 Å². The molecule has 6 atom stereocenters. The number of carboxylic acids is 1. The van der Waals surface area contributed by atoms with Crippen LogP contribution in [0.4, 0.5) is 0 Å². The predicted molar refractivity (Wildman–Crippen MR) is 135 cm³/mol. The number of aliphatic carboxylic acids is 1. The molecular formula is C25H36N6O6. The first-order valence-corrected chi connectivity index (χ1v) is 12.1. The Labute approximate surface area is 215 Å². The van der Waals surface area contributed by atoms with E-state index < -0.39 is 54.0 Å². The predicted octanol–water partition coefficient (Wildman–Crippen LogP) is -0.512. The fraction of sp³-hybridized carbons (Fsp3) is 0.480. The Kier molecular flexibility index (Phi) is 11.2. The van der Waals surface area contributed by atoms with Gasteiger partial charge in [0.05, 0.1) is 12.4 Å². The highest BCUT2D eigenvalue weighted by atomic mass is 16.4. The van der Waals surface area contributed by atoms with E-state index in [1.807, 2.05) is 6.92 Å². The van der Waals surface area contributed by atoms with Crippen molar-refractivity contribution in [2.45, 2.75) is 70.3 Å². The maximum absolute atomic E-state index is 13.4. The molecule has 1 aromatic carbocycles. The van der Waals surface area contributed by atoms with Gasteiger partial charge in [-0.15, -0.1) is 0 Å². The van der Waals surface area contributed by atoms with Crippen LogP contribution < -0.4 is 21.7 Å². The van der Waals surface area contributed by atoms with Crippen LogP contribution in [0.3, 0.4) is 0 Å². The number of carbonyl (C=O) groups excluding carboxylic acids is 3. The van der Waals surface area contributed by atoms with E-state index in [1.165, 1.54) is 19.4 Å². The highest BCUT2D eigenvalue weighted by Gasteiger charge is 2.32. The van der Waals surface area contributed by atoms with Crippen molar-refractivity contribution < 1.29 is 29.4 Å². The Morgan fingerprint density at radius 3 is 2.11 bits per heavy atom. The smallest absolute Gasteiger partial charge is 0.326 e. The first-order valence-electron chi connectivity index (χ1n) is 12.1. The second-order valence-electron chi connectivity index (χ2n) is 9.07. The summed E-state index contributed by atoms with van der Waals surface area (Å²) < 4.78 is 0. The molecule has 202 valence electrons. The van der Waals surface area contributed by atoms with E-state index in [9.17, 15) is 29.4 Å². The average Bonchev–Trinajstić information content (AvgIpc) is 3.38. The van der Waals surface area contributed by atoms with Gasteiger partial charge in [0.2, 0.25) is 17.7 Å². The molecule has 8 N–H and O–H groups in total. The third-order valence-electron chi connectivity index (χ3n) is 6.13. The van der Waals surface area contributed by atoms with Crippen molar-refractivity contribution in [1.29, 1.82) is 0 Å². The Bertz CT molecular complexity index is 1030. The van der Waals surface area contributed by atoms with Gasteiger partial charge >= 0.3 is 5.97 Å². The first-order chi connectivity index (χ1) is 17.5. The number of aliphatic hydroxyl groups excluding tert-OH is 1. The van der Waals surface area contributed by atoms with Gasteiger partial charge in [0.25, 0.3) is 0 Å². The average molecular weight is 517 g/mol. The summed E-state index contributed by atoms with van der Waals surface area (Å²) in [5.74, 6) is -3.64. The fourth-order valence-electron chi connectivity index (χ4n) is 3.58. The summed E-state index contributed by atoms with van der Waals surface area (Å²) in [7, 11) is 0. The Morgan fingerprint density at radius 2 is 1.57 bits per heavy atom. The second-order valence-corrected chi connectivity index (χ2v) is 9.07. The van der Waals surface area contributed by atoms with Crippen LogP contribution in [0.1, 0.15) is 38.4 Å². The van der Waals surface area contributed by atoms with E-state index in [4.69, 9.17) is 5.73 Å². The van der Waals surface area contributed by atoms with E-state index in [0.29, 0.717) is 12.1 Å². The molecule has 37 heavy (non-hydrogen) atoms. The van der Waals surface area contributed by atoms with Crippen LogP contribution in [-0.2, 0) is 32.0 Å². The highest BCUT2D eigenvalue weighted by molar-refractivity contribution is 5.94. The number of hydrogen-bond acceptors (Lipinski definition) is 7. The molecule has 0 aliphatic carbocycles. The Balaban J connectivity index is 2.29. The lowest BCUT2D eigenvalue weighted by Gasteiger charge is -2.26. The van der Waals surface area contributed by atoms with Gasteiger partial charge in [-0.1, -0.05) is 50.6 Å². The number of nitrogens with two attached hydrogens (primary N) is 1. The highest BCUT2D eigenvalue weighted by Crippen LogP contribution is 2.10. The summed E-state index contributed by atoms with van der Waals surface area (Å²) in [6, 6.07) is 4.22. The number of carbonyl (C=O) groups is 4. The molecule has 0 saturated heterocycles. The van der Waals surface area contributed by atoms with Crippen LogP contribution in [0, 0.1) is 5.92 Å². The normalized spacial score (nSPS) is 15.9. The molecule has 1 heterocycles. The number of hydrogen-bond donors (Lipinski definition) is 7. The minimum absolute atomic E-state index is 0.00358. The molecular weight excluding hydrogens is 480 g/mol. The van der Waals surface area contributed by atoms with Crippen LogP contribution in [0.25, 0.3) is 0 Å². The van der Waals surface area contributed by atoms with Crippen molar-refractivity contribution in [3.63, 3.8) is 0 Å². The van der Waals surface area contributed by atoms with Gasteiger partial charge in [-0.05, 0) is 18.4 Å². The lowest BCUT2D eigenvalue weighted by atomic mass is 9.98. The van der Waals surface area contributed by atoms with Crippen LogP contribution in [0.2, 0.25) is 0 Å². The Morgan fingerprint density at radius 1 is 0.973 bits per heavy atom. The van der Waals surface area contributed by atoms with Crippen molar-refractivity contribution in [1.82, 2.24) is 25.9 Å². The van der Waals surface area contributed by atoms with Gasteiger partial charge in [-0.25, -0.2) is 9.78 Å². The summed E-state index contributed by atoms with van der Waals surface area (Å²) in [4.78, 5) is 57.6. The van der Waals surface area contributed by atoms with Crippen molar-refractivity contribution in [3.05, 3.63) is 54.1 Å². The molecule has 6 unspecified atom stereocenters. The summed E-state index contributed by atoms with van der Waals surface area (Å²) in [6.45, 7) is 4.88. The van der Waals surface area contributed by atoms with Gasteiger partial charge in [0.1, 0.15) is 24.2 Å². The number of rotatable bonds is 14. The standard InChI is InChI=1S/C25H36N6O6/c1-4-14(2)21(25(36)37)31-23(34)19(11-17-12-27-13-28-17)29-22(33)18(10-16-8-6-5-7-9-16)30-24(35)20(26)15(3)32/h5-9,12-15,18-21,32H,4,10-11,26H2,1-3H3,(H,27,28)(H,29,33)(H,30,35)(H,31,34)(H,36,37). The molecule has 0 aliphatic rings. The van der Waals surface area contributed by atoms with E-state index >= 15 is 0 Å². The number of aromatic amines is 1. The van der Waals surface area contributed by atoms with Crippen molar-refractivity contribution in [2.24, 2.45) is 11.7 Å². The SMILES string of the molecule is CCC(C)C(NC(=O)C(Cc1cnc[nH]1)NC(=O)C(Cc1ccccc1)NC(=O)C(N)C(C)O)C(=O)O. The van der Waals surface area contributed by atoms with E-state index in [2.05, 4.69) is 25.9 Å². The van der Waals surface area contributed by atoms with Gasteiger partial charge < -0.3 is 36.9 Å². The molecule has 0 fully saturated rings. The number of imidazole rings is 1. The maximum Gasteiger partial charge on any atom is 0.326 e. The van der Waals surface area contributed by atoms with Crippen molar-refractivity contribution in [2.75, 3.05) is 0 Å². The number of benzene rings is 1. The number of aliphatic hydroxyl groups is 1. The summed E-state index contributed by atoms with van der Waals surface area (Å²) in [5, 5.41) is 27.0. The zero-order valence-electron chi connectivity index (χ0n) is 21.2. The monoisotopic (exact) mass is 516 g/mol. The molecule has 0 bridgehead atoms. The fourth-order valence-corrected chi connectivity index (χ4v) is 3.58. The van der Waals surface area contributed by atoms with Gasteiger partial charge in [0, 0.05) is 24.7 Å². The molecule has 3 amide bonds. The number of nitrogens with zero attached hydrogens (tertiary/aromatic N) is 1. The zero-order valence-corrected chi connectivity index (χ0v) is 21.2. The van der Waals surface area contributed by atoms with Crippen molar-refractivity contribution in [3.8, 4) is 0 Å². The molecule has 2 aromatic rings. The topological polar surface area (TPSA) is 200 Å². The van der Waals surface area contributed by atoms with Crippen LogP contribution in [0.15, 0.2) is 42.9 Å². The lowest BCUT2D eigenvalue weighted by Crippen LogP contribution is -2.59. The van der Waals surface area contributed by atoms with Gasteiger partial charge in [-0.2, -0.15) is 0 Å². The molecule has 0 saturated carbocycles. The van der Waals surface area contributed by atoms with E-state index in [0.717, 1.165) is 5.56 Å². The second kappa shape index (κ2) is 14.1. The quantitative estimate of drug-likeness (QED) is 0.174. The van der Waals surface area contributed by atoms with Crippen LogP contribution in [0.5, 0.6) is 0 Å². The van der Waals surface area contributed by atoms with Crippen LogP contribution in [-0.4, -0.2) is 74.1 Å².